The van der Waals surface area contributed by atoms with Crippen molar-refractivity contribution < 1.29 is 9.90 Å². The summed E-state index contributed by atoms with van der Waals surface area (Å²) in [5, 5.41) is 8.79. The Balaban J connectivity index is 2.87. The summed E-state index contributed by atoms with van der Waals surface area (Å²) in [5.74, 6) is -0.810. The van der Waals surface area contributed by atoms with Crippen LogP contribution in [-0.2, 0) is 4.79 Å². The van der Waals surface area contributed by atoms with Gasteiger partial charge in [-0.05, 0) is 13.3 Å². The highest BCUT2D eigenvalue weighted by Gasteiger charge is 2.16. The number of carbonyl (C=O) groups is 1. The maximum absolute atomic E-state index is 10.7. The molecular weight excluding hydrogens is 156 g/mol. The summed E-state index contributed by atoms with van der Waals surface area (Å²) in [4.78, 5) is 14.7. The summed E-state index contributed by atoms with van der Waals surface area (Å²) in [6.07, 6.45) is 3.87. The van der Waals surface area contributed by atoms with Gasteiger partial charge in [-0.2, -0.15) is 0 Å². The van der Waals surface area contributed by atoms with Gasteiger partial charge in [-0.1, -0.05) is 6.92 Å². The molecule has 0 saturated heterocycles. The highest BCUT2D eigenvalue weighted by Crippen LogP contribution is 2.11. The average Bonchev–Trinajstić information content (AvgIpc) is 2.37. The highest BCUT2D eigenvalue weighted by atomic mass is 16.4. The van der Waals surface area contributed by atoms with E-state index in [2.05, 4.69) is 4.98 Å². The zero-order valence-corrected chi connectivity index (χ0v) is 7.19. The summed E-state index contributed by atoms with van der Waals surface area (Å²) >= 11 is 0. The van der Waals surface area contributed by atoms with Crippen LogP contribution in [0, 0.1) is 6.92 Å². The minimum Gasteiger partial charge on any atom is -0.480 e. The zero-order chi connectivity index (χ0) is 9.14. The summed E-state index contributed by atoms with van der Waals surface area (Å²) in [7, 11) is 0. The smallest absolute Gasteiger partial charge is 0.326 e. The van der Waals surface area contributed by atoms with E-state index in [1.165, 1.54) is 0 Å². The van der Waals surface area contributed by atoms with E-state index in [0.29, 0.717) is 6.42 Å². The molecule has 0 saturated carbocycles. The third kappa shape index (κ3) is 1.64. The van der Waals surface area contributed by atoms with Crippen LogP contribution in [0.2, 0.25) is 0 Å². The normalized spacial score (nSPS) is 12.8. The van der Waals surface area contributed by atoms with Crippen LogP contribution in [0.3, 0.4) is 0 Å². The first kappa shape index (κ1) is 8.77. The second kappa shape index (κ2) is 3.38. The van der Waals surface area contributed by atoms with Gasteiger partial charge in [-0.3, -0.25) is 0 Å². The van der Waals surface area contributed by atoms with Crippen molar-refractivity contribution in [2.45, 2.75) is 26.3 Å². The molecule has 0 fully saturated rings. The predicted octanol–water partition coefficient (Wildman–Crippen LogP) is 1.23. The Bertz CT molecular complexity index is 280. The van der Waals surface area contributed by atoms with Gasteiger partial charge in [-0.25, -0.2) is 9.78 Å². The van der Waals surface area contributed by atoms with E-state index in [1.807, 2.05) is 13.8 Å². The molecule has 0 radical (unpaired) electrons. The lowest BCUT2D eigenvalue weighted by atomic mass is 10.2. The Labute approximate surface area is 70.9 Å². The summed E-state index contributed by atoms with van der Waals surface area (Å²) < 4.78 is 1.62. The highest BCUT2D eigenvalue weighted by molar-refractivity contribution is 5.71. The molecule has 66 valence electrons. The van der Waals surface area contributed by atoms with Crippen molar-refractivity contribution in [2.75, 3.05) is 0 Å². The van der Waals surface area contributed by atoms with Gasteiger partial charge in [0, 0.05) is 6.20 Å². The van der Waals surface area contributed by atoms with Crippen LogP contribution in [-0.4, -0.2) is 20.6 Å². The van der Waals surface area contributed by atoms with Gasteiger partial charge in [0.1, 0.15) is 6.04 Å². The van der Waals surface area contributed by atoms with Crippen LogP contribution < -0.4 is 0 Å². The first-order chi connectivity index (χ1) is 5.65. The number of hydrogen-bond acceptors (Lipinski definition) is 2. The van der Waals surface area contributed by atoms with E-state index in [-0.39, 0.29) is 0 Å². The SMILES string of the molecule is CCC(C(=O)O)n1cnc(C)c1. The molecule has 0 amide bonds. The van der Waals surface area contributed by atoms with Crippen molar-refractivity contribution in [3.8, 4) is 0 Å². The van der Waals surface area contributed by atoms with Crippen molar-refractivity contribution in [1.82, 2.24) is 9.55 Å². The molecule has 1 atom stereocenters. The molecular formula is C8H12N2O2. The van der Waals surface area contributed by atoms with Crippen molar-refractivity contribution in [3.05, 3.63) is 18.2 Å². The first-order valence-corrected chi connectivity index (χ1v) is 3.88. The summed E-state index contributed by atoms with van der Waals surface area (Å²) in [6.45, 7) is 3.68. The molecule has 0 aliphatic rings. The van der Waals surface area contributed by atoms with Crippen LogP contribution in [0.5, 0.6) is 0 Å². The maximum Gasteiger partial charge on any atom is 0.326 e. The molecule has 12 heavy (non-hydrogen) atoms. The second-order valence-electron chi connectivity index (χ2n) is 2.72. The molecule has 1 heterocycles. The lowest BCUT2D eigenvalue weighted by molar-refractivity contribution is -0.141. The molecule has 1 unspecified atom stereocenters. The van der Waals surface area contributed by atoms with Crippen LogP contribution in [0.25, 0.3) is 0 Å². The fourth-order valence-electron chi connectivity index (χ4n) is 1.12. The number of hydrogen-bond donors (Lipinski definition) is 1. The Morgan fingerprint density at radius 2 is 2.50 bits per heavy atom. The molecule has 1 N–H and O–H groups in total. The lowest BCUT2D eigenvalue weighted by Gasteiger charge is -2.09. The topological polar surface area (TPSA) is 55.1 Å². The van der Waals surface area contributed by atoms with E-state index < -0.39 is 12.0 Å². The molecule has 0 bridgehead atoms. The van der Waals surface area contributed by atoms with E-state index >= 15 is 0 Å². The fourth-order valence-corrected chi connectivity index (χ4v) is 1.12. The Morgan fingerprint density at radius 3 is 2.83 bits per heavy atom. The maximum atomic E-state index is 10.7. The predicted molar refractivity (Wildman–Crippen MR) is 43.9 cm³/mol. The van der Waals surface area contributed by atoms with E-state index in [1.54, 1.807) is 17.1 Å². The largest absolute Gasteiger partial charge is 0.480 e. The molecule has 1 rings (SSSR count). The molecule has 0 aliphatic carbocycles. The van der Waals surface area contributed by atoms with Gasteiger partial charge in [0.2, 0.25) is 0 Å². The number of carboxylic acid groups (broad SMARTS) is 1. The monoisotopic (exact) mass is 168 g/mol. The van der Waals surface area contributed by atoms with E-state index in [0.717, 1.165) is 5.69 Å². The van der Waals surface area contributed by atoms with Crippen LogP contribution in [0.4, 0.5) is 0 Å². The number of aryl methyl sites for hydroxylation is 1. The number of carboxylic acids is 1. The minimum atomic E-state index is -0.810. The first-order valence-electron chi connectivity index (χ1n) is 3.88. The zero-order valence-electron chi connectivity index (χ0n) is 7.19. The standard InChI is InChI=1S/C8H12N2O2/c1-3-7(8(11)12)10-4-6(2)9-5-10/h4-5,7H,3H2,1-2H3,(H,11,12). The molecule has 0 aliphatic heterocycles. The molecule has 0 aromatic carbocycles. The fraction of sp³-hybridized carbons (Fsp3) is 0.500. The lowest BCUT2D eigenvalue weighted by Crippen LogP contribution is -2.16. The van der Waals surface area contributed by atoms with E-state index in [4.69, 9.17) is 5.11 Å². The van der Waals surface area contributed by atoms with Gasteiger partial charge >= 0.3 is 5.97 Å². The number of aliphatic carboxylic acids is 1. The third-order valence-corrected chi connectivity index (χ3v) is 1.76. The van der Waals surface area contributed by atoms with Gasteiger partial charge in [0.15, 0.2) is 0 Å². The second-order valence-corrected chi connectivity index (χ2v) is 2.72. The minimum absolute atomic E-state index is 0.480. The summed E-state index contributed by atoms with van der Waals surface area (Å²) in [5.41, 5.74) is 0.842. The Morgan fingerprint density at radius 1 is 1.83 bits per heavy atom. The molecule has 0 spiro atoms. The van der Waals surface area contributed by atoms with Crippen LogP contribution in [0.15, 0.2) is 12.5 Å². The average molecular weight is 168 g/mol. The summed E-state index contributed by atoms with van der Waals surface area (Å²) in [6, 6.07) is -0.480. The Hall–Kier alpha value is -1.32. The van der Waals surface area contributed by atoms with E-state index in [9.17, 15) is 4.79 Å². The Kier molecular flexibility index (Phi) is 2.47. The quantitative estimate of drug-likeness (QED) is 0.738. The number of rotatable bonds is 3. The van der Waals surface area contributed by atoms with Gasteiger partial charge in [-0.15, -0.1) is 0 Å². The van der Waals surface area contributed by atoms with Crippen molar-refractivity contribution >= 4 is 5.97 Å². The third-order valence-electron chi connectivity index (χ3n) is 1.76. The van der Waals surface area contributed by atoms with Crippen molar-refractivity contribution in [2.24, 2.45) is 0 Å². The van der Waals surface area contributed by atoms with Crippen LogP contribution in [0.1, 0.15) is 25.1 Å². The van der Waals surface area contributed by atoms with Crippen molar-refractivity contribution in [3.63, 3.8) is 0 Å². The van der Waals surface area contributed by atoms with Gasteiger partial charge in [0.05, 0.1) is 12.0 Å². The van der Waals surface area contributed by atoms with Crippen molar-refractivity contribution in [1.29, 1.82) is 0 Å². The molecule has 1 aromatic rings. The molecule has 4 nitrogen and oxygen atoms in total. The number of aromatic nitrogens is 2. The number of imidazole rings is 1. The van der Waals surface area contributed by atoms with Gasteiger partial charge in [0.25, 0.3) is 0 Å². The van der Waals surface area contributed by atoms with Crippen LogP contribution >= 0.6 is 0 Å². The van der Waals surface area contributed by atoms with Gasteiger partial charge < -0.3 is 9.67 Å². The molecule has 1 aromatic heterocycles. The number of nitrogens with zero attached hydrogens (tertiary/aromatic N) is 2. The molecule has 4 heteroatoms.